The van der Waals surface area contributed by atoms with Gasteiger partial charge in [-0.2, -0.15) is 0 Å². The largest absolute Gasteiger partial charge is 0.507 e. The summed E-state index contributed by atoms with van der Waals surface area (Å²) in [5, 5.41) is 22.7. The van der Waals surface area contributed by atoms with Crippen molar-refractivity contribution in [2.24, 2.45) is 0 Å². The lowest BCUT2D eigenvalue weighted by molar-refractivity contribution is 0.336. The molecule has 2 aliphatic rings. The third-order valence-corrected chi connectivity index (χ3v) is 5.93. The number of anilines is 1. The number of nitrogens with zero attached hydrogens (tertiary/aromatic N) is 6. The second kappa shape index (κ2) is 6.56. The van der Waals surface area contributed by atoms with Crippen molar-refractivity contribution in [1.82, 2.24) is 30.0 Å². The SMILES string of the molecule is CN(c1ncc(-c2ccc(-n3ccnc3)cc2O)nn1)[C@H]1CCNC2(CC2)C1. The summed E-state index contributed by atoms with van der Waals surface area (Å²) < 4.78 is 1.83. The molecule has 0 bridgehead atoms. The molecule has 1 atom stereocenters. The van der Waals surface area contributed by atoms with Crippen molar-refractivity contribution >= 4 is 5.95 Å². The number of aromatic nitrogens is 5. The van der Waals surface area contributed by atoms with E-state index in [1.165, 1.54) is 12.8 Å². The smallest absolute Gasteiger partial charge is 0.245 e. The van der Waals surface area contributed by atoms with E-state index < -0.39 is 0 Å². The summed E-state index contributed by atoms with van der Waals surface area (Å²) in [6, 6.07) is 5.84. The minimum atomic E-state index is 0.137. The molecule has 144 valence electrons. The first-order valence-corrected chi connectivity index (χ1v) is 9.63. The van der Waals surface area contributed by atoms with Gasteiger partial charge in [-0.25, -0.2) is 9.97 Å². The molecule has 0 radical (unpaired) electrons. The molecule has 1 aliphatic carbocycles. The monoisotopic (exact) mass is 377 g/mol. The Labute approximate surface area is 163 Å². The van der Waals surface area contributed by atoms with E-state index in [1.807, 2.05) is 29.9 Å². The van der Waals surface area contributed by atoms with Crippen LogP contribution in [0.1, 0.15) is 25.7 Å². The first-order valence-electron chi connectivity index (χ1n) is 9.63. The number of aromatic hydroxyl groups is 1. The fraction of sp³-hybridized carbons (Fsp3) is 0.400. The Hall–Kier alpha value is -3.00. The first-order chi connectivity index (χ1) is 13.6. The topological polar surface area (TPSA) is 92.0 Å². The van der Waals surface area contributed by atoms with Crippen LogP contribution in [0.4, 0.5) is 5.95 Å². The predicted molar refractivity (Wildman–Crippen MR) is 105 cm³/mol. The fourth-order valence-electron chi connectivity index (χ4n) is 4.02. The van der Waals surface area contributed by atoms with Crippen molar-refractivity contribution in [1.29, 1.82) is 0 Å². The van der Waals surface area contributed by atoms with Crippen LogP contribution < -0.4 is 10.2 Å². The molecule has 3 aromatic rings. The molecule has 1 saturated heterocycles. The highest BCUT2D eigenvalue weighted by molar-refractivity contribution is 5.68. The van der Waals surface area contributed by atoms with E-state index in [0.29, 0.717) is 28.8 Å². The maximum atomic E-state index is 10.4. The number of piperidine rings is 1. The van der Waals surface area contributed by atoms with Crippen LogP contribution in [0.25, 0.3) is 16.9 Å². The van der Waals surface area contributed by atoms with E-state index in [0.717, 1.165) is 25.1 Å². The van der Waals surface area contributed by atoms with Crippen molar-refractivity contribution in [3.8, 4) is 22.7 Å². The molecular formula is C20H23N7O. The summed E-state index contributed by atoms with van der Waals surface area (Å²) in [6.07, 6.45) is 11.6. The number of imidazole rings is 1. The van der Waals surface area contributed by atoms with Crippen molar-refractivity contribution in [2.45, 2.75) is 37.3 Å². The Morgan fingerprint density at radius 3 is 2.86 bits per heavy atom. The lowest BCUT2D eigenvalue weighted by Crippen LogP contribution is -2.48. The Kier molecular flexibility index (Phi) is 4.01. The zero-order valence-electron chi connectivity index (χ0n) is 15.8. The summed E-state index contributed by atoms with van der Waals surface area (Å²) in [5.74, 6) is 0.762. The summed E-state index contributed by atoms with van der Waals surface area (Å²) in [5.41, 5.74) is 2.34. The van der Waals surface area contributed by atoms with Gasteiger partial charge in [-0.05, 0) is 44.4 Å². The standard InChI is InChI=1S/C20H23N7O/c1-26(15-4-7-23-20(11-15)5-6-20)19-22-12-17(24-25-19)16-3-2-14(10-18(16)28)27-9-8-21-13-27/h2-3,8-10,12-13,15,23,28H,4-7,11H2,1H3/t15-/m0/s1. The second-order valence-electron chi connectivity index (χ2n) is 7.78. The number of phenols is 1. The van der Waals surface area contributed by atoms with Gasteiger partial charge < -0.3 is 19.9 Å². The molecule has 1 aromatic carbocycles. The average molecular weight is 377 g/mol. The molecule has 3 heterocycles. The highest BCUT2D eigenvalue weighted by Gasteiger charge is 2.46. The number of hydrogen-bond acceptors (Lipinski definition) is 7. The molecule has 8 heteroatoms. The number of phenolic OH excluding ortho intramolecular Hbond substituents is 1. The molecule has 2 fully saturated rings. The van der Waals surface area contributed by atoms with Gasteiger partial charge in [0.1, 0.15) is 11.4 Å². The lowest BCUT2D eigenvalue weighted by Gasteiger charge is -2.36. The molecule has 28 heavy (non-hydrogen) atoms. The molecule has 0 amide bonds. The molecule has 5 rings (SSSR count). The Bertz CT molecular complexity index is 967. The van der Waals surface area contributed by atoms with E-state index in [1.54, 1.807) is 24.8 Å². The van der Waals surface area contributed by atoms with Crippen LogP contribution >= 0.6 is 0 Å². The van der Waals surface area contributed by atoms with Crippen LogP contribution in [0.2, 0.25) is 0 Å². The molecule has 2 aromatic heterocycles. The Morgan fingerprint density at radius 1 is 1.29 bits per heavy atom. The highest BCUT2D eigenvalue weighted by Crippen LogP contribution is 2.43. The van der Waals surface area contributed by atoms with Gasteiger partial charge in [-0.3, -0.25) is 0 Å². The van der Waals surface area contributed by atoms with Crippen LogP contribution in [0, 0.1) is 0 Å². The summed E-state index contributed by atoms with van der Waals surface area (Å²) >= 11 is 0. The summed E-state index contributed by atoms with van der Waals surface area (Å²) in [6.45, 7) is 1.04. The minimum absolute atomic E-state index is 0.137. The summed E-state index contributed by atoms with van der Waals surface area (Å²) in [4.78, 5) is 10.7. The van der Waals surface area contributed by atoms with Gasteiger partial charge in [0, 0.05) is 42.7 Å². The normalized spacial score (nSPS) is 20.2. The van der Waals surface area contributed by atoms with E-state index in [2.05, 4.69) is 30.4 Å². The van der Waals surface area contributed by atoms with Crippen molar-refractivity contribution in [2.75, 3.05) is 18.5 Å². The summed E-state index contributed by atoms with van der Waals surface area (Å²) in [7, 11) is 2.04. The number of benzene rings is 1. The van der Waals surface area contributed by atoms with Crippen molar-refractivity contribution in [3.63, 3.8) is 0 Å². The zero-order valence-corrected chi connectivity index (χ0v) is 15.8. The minimum Gasteiger partial charge on any atom is -0.507 e. The van der Waals surface area contributed by atoms with Gasteiger partial charge in [0.15, 0.2) is 0 Å². The van der Waals surface area contributed by atoms with Crippen LogP contribution in [0.5, 0.6) is 5.75 Å². The quantitative estimate of drug-likeness (QED) is 0.720. The van der Waals surface area contributed by atoms with Crippen LogP contribution in [-0.4, -0.2) is 55.0 Å². The van der Waals surface area contributed by atoms with Gasteiger partial charge in [-0.1, -0.05) is 0 Å². The zero-order chi connectivity index (χ0) is 19.1. The van der Waals surface area contributed by atoms with E-state index in [9.17, 15) is 5.11 Å². The molecule has 2 N–H and O–H groups in total. The van der Waals surface area contributed by atoms with Gasteiger partial charge in [0.25, 0.3) is 0 Å². The first kappa shape index (κ1) is 17.1. The Balaban J connectivity index is 1.35. The van der Waals surface area contributed by atoms with Gasteiger partial charge in [0.2, 0.25) is 5.95 Å². The average Bonchev–Trinajstić information content (AvgIpc) is 3.24. The molecule has 8 nitrogen and oxygen atoms in total. The van der Waals surface area contributed by atoms with Crippen LogP contribution in [0.3, 0.4) is 0 Å². The van der Waals surface area contributed by atoms with Crippen LogP contribution in [0.15, 0.2) is 43.1 Å². The van der Waals surface area contributed by atoms with Crippen LogP contribution in [-0.2, 0) is 0 Å². The maximum absolute atomic E-state index is 10.4. The number of hydrogen-bond donors (Lipinski definition) is 2. The molecular weight excluding hydrogens is 354 g/mol. The lowest BCUT2D eigenvalue weighted by atomic mass is 9.96. The number of rotatable bonds is 4. The second-order valence-corrected chi connectivity index (χ2v) is 7.78. The van der Waals surface area contributed by atoms with Gasteiger partial charge >= 0.3 is 0 Å². The van der Waals surface area contributed by atoms with Crippen molar-refractivity contribution < 1.29 is 5.11 Å². The Morgan fingerprint density at radius 2 is 2.18 bits per heavy atom. The predicted octanol–water partition coefficient (Wildman–Crippen LogP) is 2.15. The van der Waals surface area contributed by atoms with E-state index in [-0.39, 0.29) is 5.75 Å². The third-order valence-electron chi connectivity index (χ3n) is 5.93. The fourth-order valence-corrected chi connectivity index (χ4v) is 4.02. The maximum Gasteiger partial charge on any atom is 0.245 e. The van der Waals surface area contributed by atoms with E-state index >= 15 is 0 Å². The van der Waals surface area contributed by atoms with E-state index in [4.69, 9.17) is 0 Å². The van der Waals surface area contributed by atoms with Crippen molar-refractivity contribution in [3.05, 3.63) is 43.1 Å². The molecule has 1 spiro atoms. The molecule has 0 unspecified atom stereocenters. The number of nitrogens with one attached hydrogen (secondary N) is 1. The van der Waals surface area contributed by atoms with Gasteiger partial charge in [0.05, 0.1) is 18.2 Å². The third kappa shape index (κ3) is 3.09. The van der Waals surface area contributed by atoms with Gasteiger partial charge in [-0.15, -0.1) is 10.2 Å². The highest BCUT2D eigenvalue weighted by atomic mass is 16.3. The molecule has 1 aliphatic heterocycles. The molecule has 1 saturated carbocycles.